The number of rotatable bonds is 31. The molecule has 0 bridgehead atoms. The van der Waals surface area contributed by atoms with Gasteiger partial charge in [-0.3, -0.25) is 9.35 Å². The summed E-state index contributed by atoms with van der Waals surface area (Å²) in [5, 5.41) is 13.1. The van der Waals surface area contributed by atoms with E-state index in [-0.39, 0.29) is 12.3 Å². The fraction of sp³-hybridized carbons (Fsp3) is 0.667. The summed E-state index contributed by atoms with van der Waals surface area (Å²) in [6, 6.07) is -1.10. The largest absolute Gasteiger partial charge is 0.387 e. The summed E-state index contributed by atoms with van der Waals surface area (Å²) in [6.07, 6.45) is 46.0. The zero-order valence-electron chi connectivity index (χ0n) is 29.2. The minimum atomic E-state index is -4.37. The molecule has 0 aliphatic rings. The highest BCUT2D eigenvalue weighted by molar-refractivity contribution is 7.85. The summed E-state index contributed by atoms with van der Waals surface area (Å²) in [7, 11) is -4.37. The Morgan fingerprint density at radius 1 is 0.609 bits per heavy atom. The molecular formula is C39H67NO5S. The molecule has 2 unspecified atom stereocenters. The lowest BCUT2D eigenvalue weighted by molar-refractivity contribution is -0.122. The molecule has 6 nitrogen and oxygen atoms in total. The lowest BCUT2D eigenvalue weighted by atomic mass is 10.1. The number of aliphatic hydroxyl groups is 1. The first-order valence-electron chi connectivity index (χ1n) is 18.1. The van der Waals surface area contributed by atoms with E-state index in [2.05, 4.69) is 79.9 Å². The summed E-state index contributed by atoms with van der Waals surface area (Å²) in [5.74, 6) is -1.06. The van der Waals surface area contributed by atoms with E-state index in [1.165, 1.54) is 70.3 Å². The molecule has 7 heteroatoms. The molecule has 0 spiro atoms. The van der Waals surface area contributed by atoms with Crippen molar-refractivity contribution in [1.82, 2.24) is 5.32 Å². The first-order chi connectivity index (χ1) is 22.3. The molecule has 3 N–H and O–H groups in total. The monoisotopic (exact) mass is 661 g/mol. The predicted molar refractivity (Wildman–Crippen MR) is 197 cm³/mol. The second-order valence-corrected chi connectivity index (χ2v) is 13.6. The van der Waals surface area contributed by atoms with Crippen LogP contribution in [-0.4, -0.2) is 41.9 Å². The highest BCUT2D eigenvalue weighted by Crippen LogP contribution is 2.12. The van der Waals surface area contributed by atoms with Gasteiger partial charge in [-0.15, -0.1) is 0 Å². The number of unbranched alkanes of at least 4 members (excludes halogenated alkanes) is 13. The van der Waals surface area contributed by atoms with Gasteiger partial charge in [0, 0.05) is 6.42 Å². The van der Waals surface area contributed by atoms with Crippen molar-refractivity contribution in [3.05, 3.63) is 72.9 Å². The molecule has 264 valence electrons. The van der Waals surface area contributed by atoms with Crippen molar-refractivity contribution in [3.8, 4) is 0 Å². The van der Waals surface area contributed by atoms with E-state index in [1.807, 2.05) is 0 Å². The SMILES string of the molecule is CC/C=C\C/C=C\C/C=C\C/C=C\CCCCC(=O)NC(CS(=O)(=O)O)C(O)/C=C/CC/C=C/CCCCCCCCCCCC. The van der Waals surface area contributed by atoms with Crippen LogP contribution in [0.2, 0.25) is 0 Å². The van der Waals surface area contributed by atoms with Gasteiger partial charge in [-0.05, 0) is 70.6 Å². The van der Waals surface area contributed by atoms with Crippen molar-refractivity contribution in [1.29, 1.82) is 0 Å². The summed E-state index contributed by atoms with van der Waals surface area (Å²) in [6.45, 7) is 4.38. The van der Waals surface area contributed by atoms with Crippen molar-refractivity contribution < 1.29 is 22.9 Å². The van der Waals surface area contributed by atoms with Gasteiger partial charge in [-0.1, -0.05) is 145 Å². The lowest BCUT2D eigenvalue weighted by Gasteiger charge is -2.21. The summed E-state index contributed by atoms with van der Waals surface area (Å²) >= 11 is 0. The number of carbonyl (C=O) groups is 1. The van der Waals surface area contributed by atoms with Gasteiger partial charge >= 0.3 is 0 Å². The molecule has 0 aliphatic heterocycles. The summed E-state index contributed by atoms with van der Waals surface area (Å²) < 4.78 is 32.3. The second-order valence-electron chi connectivity index (χ2n) is 12.1. The van der Waals surface area contributed by atoms with Crippen LogP contribution in [0.3, 0.4) is 0 Å². The van der Waals surface area contributed by atoms with Crippen LogP contribution >= 0.6 is 0 Å². The molecule has 0 fully saturated rings. The van der Waals surface area contributed by atoms with Crippen molar-refractivity contribution >= 4 is 16.0 Å². The highest BCUT2D eigenvalue weighted by Gasteiger charge is 2.24. The number of hydrogen-bond donors (Lipinski definition) is 3. The van der Waals surface area contributed by atoms with Crippen LogP contribution in [0.4, 0.5) is 0 Å². The van der Waals surface area contributed by atoms with Crippen LogP contribution in [0.15, 0.2) is 72.9 Å². The molecule has 0 aromatic rings. The molecule has 0 saturated carbocycles. The topological polar surface area (TPSA) is 104 Å². The first kappa shape index (κ1) is 43.8. The third-order valence-corrected chi connectivity index (χ3v) is 8.40. The Morgan fingerprint density at radius 3 is 1.63 bits per heavy atom. The summed E-state index contributed by atoms with van der Waals surface area (Å²) in [5.41, 5.74) is 0. The molecule has 1 amide bonds. The lowest BCUT2D eigenvalue weighted by Crippen LogP contribution is -2.46. The van der Waals surface area contributed by atoms with E-state index in [1.54, 1.807) is 6.08 Å². The number of hydrogen-bond acceptors (Lipinski definition) is 4. The fourth-order valence-electron chi connectivity index (χ4n) is 4.92. The molecule has 0 radical (unpaired) electrons. The molecule has 46 heavy (non-hydrogen) atoms. The van der Waals surface area contributed by atoms with E-state index < -0.39 is 28.0 Å². The van der Waals surface area contributed by atoms with Gasteiger partial charge in [0.05, 0.1) is 17.9 Å². The molecule has 0 aliphatic carbocycles. The van der Waals surface area contributed by atoms with Crippen molar-refractivity contribution in [2.24, 2.45) is 0 Å². The van der Waals surface area contributed by atoms with Gasteiger partial charge in [-0.2, -0.15) is 8.42 Å². The minimum Gasteiger partial charge on any atom is -0.387 e. The fourth-order valence-corrected chi connectivity index (χ4v) is 5.66. The maximum absolute atomic E-state index is 12.4. The maximum atomic E-state index is 12.4. The average Bonchev–Trinajstić information content (AvgIpc) is 3.01. The Bertz CT molecular complexity index is 994. The number of allylic oxidation sites excluding steroid dienone is 11. The van der Waals surface area contributed by atoms with Gasteiger partial charge in [-0.25, -0.2) is 0 Å². The highest BCUT2D eigenvalue weighted by atomic mass is 32.2. The minimum absolute atomic E-state index is 0.232. The Balaban J connectivity index is 4.15. The van der Waals surface area contributed by atoms with Gasteiger partial charge in [0.25, 0.3) is 10.1 Å². The van der Waals surface area contributed by atoms with Gasteiger partial charge in [0.15, 0.2) is 0 Å². The molecule has 0 heterocycles. The van der Waals surface area contributed by atoms with Gasteiger partial charge in [0.2, 0.25) is 5.91 Å². The Labute approximate surface area is 283 Å². The van der Waals surface area contributed by atoms with Crippen molar-refractivity contribution in [2.45, 2.75) is 161 Å². The summed E-state index contributed by atoms with van der Waals surface area (Å²) in [4.78, 5) is 12.4. The molecular weight excluding hydrogens is 594 g/mol. The van der Waals surface area contributed by atoms with Crippen LogP contribution < -0.4 is 5.32 Å². The number of carbonyl (C=O) groups excluding carboxylic acids is 1. The van der Waals surface area contributed by atoms with E-state index in [0.29, 0.717) is 12.8 Å². The van der Waals surface area contributed by atoms with Gasteiger partial charge in [0.1, 0.15) is 0 Å². The first-order valence-corrected chi connectivity index (χ1v) is 19.7. The Morgan fingerprint density at radius 2 is 1.07 bits per heavy atom. The Hall–Kier alpha value is -2.22. The Kier molecular flexibility index (Phi) is 31.1. The van der Waals surface area contributed by atoms with E-state index in [9.17, 15) is 22.9 Å². The normalized spacial score (nSPS) is 14.3. The second kappa shape index (κ2) is 32.7. The number of aliphatic hydroxyl groups excluding tert-OH is 1. The van der Waals surface area contributed by atoms with E-state index in [0.717, 1.165) is 51.4 Å². The molecule has 0 aromatic carbocycles. The maximum Gasteiger partial charge on any atom is 0.267 e. The van der Waals surface area contributed by atoms with Crippen LogP contribution in [0.1, 0.15) is 149 Å². The number of amides is 1. The van der Waals surface area contributed by atoms with Crippen LogP contribution in [0.5, 0.6) is 0 Å². The third-order valence-electron chi connectivity index (χ3n) is 7.62. The van der Waals surface area contributed by atoms with E-state index in [4.69, 9.17) is 0 Å². The molecule has 2 atom stereocenters. The molecule has 0 aromatic heterocycles. The zero-order valence-corrected chi connectivity index (χ0v) is 30.0. The number of nitrogens with one attached hydrogen (secondary N) is 1. The zero-order chi connectivity index (χ0) is 34.0. The van der Waals surface area contributed by atoms with Crippen molar-refractivity contribution in [2.75, 3.05) is 5.75 Å². The van der Waals surface area contributed by atoms with Crippen LogP contribution in [0.25, 0.3) is 0 Å². The van der Waals surface area contributed by atoms with Gasteiger partial charge < -0.3 is 10.4 Å². The predicted octanol–water partition coefficient (Wildman–Crippen LogP) is 10.3. The smallest absolute Gasteiger partial charge is 0.267 e. The van der Waals surface area contributed by atoms with Crippen LogP contribution in [0, 0.1) is 0 Å². The van der Waals surface area contributed by atoms with E-state index >= 15 is 0 Å². The third kappa shape index (κ3) is 33.2. The molecule has 0 rings (SSSR count). The van der Waals surface area contributed by atoms with Crippen molar-refractivity contribution in [3.63, 3.8) is 0 Å². The van der Waals surface area contributed by atoms with Crippen LogP contribution in [-0.2, 0) is 14.9 Å². The standard InChI is InChI=1S/C39H67NO5S/c1-3-5-7-9-11-13-15-17-19-21-22-24-26-28-30-32-34-38(41)37(36-46(43,44)45)40-39(42)35-33-31-29-27-25-23-20-18-16-14-12-10-8-6-4-2/h6,8,12,14,18,20,24-27,32,34,37-38,41H,3-5,7,9-11,13,15-17,19,21-23,28-31,33,35-36H2,1-2H3,(H,40,42)(H,43,44,45)/b8-6-,14-12-,20-18-,26-24+,27-25-,34-32+. The average molecular weight is 662 g/mol. The quantitative estimate of drug-likeness (QED) is 0.0390. The molecule has 0 saturated heterocycles.